The number of ether oxygens (including phenoxy) is 1. The number of nitrogens with zero attached hydrogens (tertiary/aromatic N) is 7. The zero-order valence-electron chi connectivity index (χ0n) is 19.0. The lowest BCUT2D eigenvalue weighted by atomic mass is 10.1. The zero-order valence-corrected chi connectivity index (χ0v) is 19.0. The standard InChI is InChI=1S/C22H27N9O3/c1-28-10-14(9-24-28)16-8-17(29-4-6-34-7-5-29)19-20(25-16)27-21(26-19)22(33)31-11-15(12-31)30-3-2-23-18(32)13-30/h8-10,15H,2-7,11-13H2,1H3,(H,23,32)(H,25,26,27). The van der Waals surface area contributed by atoms with Crippen molar-refractivity contribution in [2.75, 3.05) is 63.9 Å². The molecule has 0 saturated carbocycles. The van der Waals surface area contributed by atoms with Gasteiger partial charge in [0.25, 0.3) is 5.91 Å². The Kier molecular flexibility index (Phi) is 5.18. The van der Waals surface area contributed by atoms with Crippen molar-refractivity contribution in [2.24, 2.45) is 7.05 Å². The van der Waals surface area contributed by atoms with E-state index in [9.17, 15) is 9.59 Å². The molecule has 12 nitrogen and oxygen atoms in total. The fourth-order valence-corrected chi connectivity index (χ4v) is 4.79. The van der Waals surface area contributed by atoms with Gasteiger partial charge in [-0.2, -0.15) is 5.10 Å². The Morgan fingerprint density at radius 1 is 1.18 bits per heavy atom. The maximum atomic E-state index is 13.2. The van der Waals surface area contributed by atoms with Crippen molar-refractivity contribution in [3.8, 4) is 11.3 Å². The fourth-order valence-electron chi connectivity index (χ4n) is 4.79. The van der Waals surface area contributed by atoms with Crippen LogP contribution in [0.3, 0.4) is 0 Å². The molecule has 3 fully saturated rings. The van der Waals surface area contributed by atoms with E-state index in [0.29, 0.717) is 50.6 Å². The number of carbonyl (C=O) groups excluding carboxylic acids is 2. The number of piperazine rings is 1. The first-order valence-electron chi connectivity index (χ1n) is 11.6. The monoisotopic (exact) mass is 465 g/mol. The van der Waals surface area contributed by atoms with Crippen LogP contribution >= 0.6 is 0 Å². The van der Waals surface area contributed by atoms with Gasteiger partial charge in [0.2, 0.25) is 5.91 Å². The summed E-state index contributed by atoms with van der Waals surface area (Å²) in [5.74, 6) is 0.182. The third-order valence-corrected chi connectivity index (χ3v) is 6.72. The molecule has 178 valence electrons. The van der Waals surface area contributed by atoms with Gasteiger partial charge < -0.3 is 24.8 Å². The van der Waals surface area contributed by atoms with Crippen LogP contribution < -0.4 is 10.2 Å². The Morgan fingerprint density at radius 3 is 2.74 bits per heavy atom. The molecular weight excluding hydrogens is 438 g/mol. The molecule has 0 aromatic carbocycles. The molecule has 12 heteroatoms. The van der Waals surface area contributed by atoms with Crippen molar-refractivity contribution in [3.63, 3.8) is 0 Å². The molecule has 0 atom stereocenters. The number of anilines is 1. The number of morpholine rings is 1. The van der Waals surface area contributed by atoms with Gasteiger partial charge in [-0.05, 0) is 6.07 Å². The van der Waals surface area contributed by atoms with E-state index in [4.69, 9.17) is 14.7 Å². The molecule has 2 N–H and O–H groups in total. The van der Waals surface area contributed by atoms with Crippen LogP contribution in [0.5, 0.6) is 0 Å². The van der Waals surface area contributed by atoms with E-state index in [2.05, 4.69) is 25.2 Å². The van der Waals surface area contributed by atoms with Crippen molar-refractivity contribution >= 4 is 28.7 Å². The summed E-state index contributed by atoms with van der Waals surface area (Å²) < 4.78 is 7.27. The van der Waals surface area contributed by atoms with Gasteiger partial charge >= 0.3 is 0 Å². The van der Waals surface area contributed by atoms with Crippen LogP contribution in [0.1, 0.15) is 10.6 Å². The zero-order chi connectivity index (χ0) is 23.2. The second-order valence-corrected chi connectivity index (χ2v) is 9.00. The van der Waals surface area contributed by atoms with E-state index < -0.39 is 0 Å². The van der Waals surface area contributed by atoms with Crippen LogP contribution in [0.15, 0.2) is 18.5 Å². The van der Waals surface area contributed by atoms with Crippen molar-refractivity contribution in [1.29, 1.82) is 0 Å². The summed E-state index contributed by atoms with van der Waals surface area (Å²) >= 11 is 0. The number of likely N-dealkylation sites (tertiary alicyclic amines) is 1. The van der Waals surface area contributed by atoms with Crippen LogP contribution in [0.4, 0.5) is 5.69 Å². The van der Waals surface area contributed by atoms with Gasteiger partial charge in [-0.15, -0.1) is 0 Å². The molecule has 0 spiro atoms. The SMILES string of the molecule is Cn1cc(-c2cc(N3CCOCC3)c3nc(C(=O)N4CC(N5CCNC(=O)C5)C4)[nH]c3n2)cn1. The molecule has 3 aliphatic heterocycles. The van der Waals surface area contributed by atoms with E-state index in [-0.39, 0.29) is 23.7 Å². The molecule has 6 rings (SSSR count). The first-order chi connectivity index (χ1) is 16.5. The smallest absolute Gasteiger partial charge is 0.289 e. The van der Waals surface area contributed by atoms with Crippen molar-refractivity contribution in [3.05, 3.63) is 24.3 Å². The van der Waals surface area contributed by atoms with E-state index in [1.165, 1.54) is 0 Å². The minimum Gasteiger partial charge on any atom is -0.378 e. The van der Waals surface area contributed by atoms with E-state index in [1.54, 1.807) is 15.8 Å². The van der Waals surface area contributed by atoms with E-state index >= 15 is 0 Å². The molecule has 3 aromatic rings. The average molecular weight is 466 g/mol. The maximum absolute atomic E-state index is 13.2. The van der Waals surface area contributed by atoms with Gasteiger partial charge in [0.1, 0.15) is 5.52 Å². The number of pyridine rings is 1. The third-order valence-electron chi connectivity index (χ3n) is 6.72. The molecule has 0 unspecified atom stereocenters. The third kappa shape index (κ3) is 3.78. The van der Waals surface area contributed by atoms with Crippen molar-refractivity contribution < 1.29 is 14.3 Å². The molecule has 0 bridgehead atoms. The second-order valence-electron chi connectivity index (χ2n) is 9.00. The normalized spacial score (nSPS) is 20.0. The number of aromatic amines is 1. The quantitative estimate of drug-likeness (QED) is 0.526. The highest BCUT2D eigenvalue weighted by Gasteiger charge is 2.38. The van der Waals surface area contributed by atoms with Gasteiger partial charge in [0, 0.05) is 64.1 Å². The number of H-pyrrole nitrogens is 1. The summed E-state index contributed by atoms with van der Waals surface area (Å²) in [6.07, 6.45) is 3.70. The molecule has 3 saturated heterocycles. The lowest BCUT2D eigenvalue weighted by Crippen LogP contribution is -2.64. The molecule has 0 radical (unpaired) electrons. The number of aryl methyl sites for hydroxylation is 1. The molecule has 6 heterocycles. The lowest BCUT2D eigenvalue weighted by molar-refractivity contribution is -0.126. The molecule has 0 aliphatic carbocycles. The summed E-state index contributed by atoms with van der Waals surface area (Å²) in [6, 6.07) is 2.22. The Bertz CT molecular complexity index is 1240. The Labute approximate surface area is 195 Å². The number of amides is 2. The van der Waals surface area contributed by atoms with Crippen LogP contribution in [0.25, 0.3) is 22.4 Å². The van der Waals surface area contributed by atoms with Gasteiger partial charge in [0.05, 0.1) is 37.3 Å². The number of rotatable bonds is 4. The van der Waals surface area contributed by atoms with Gasteiger partial charge in [-0.3, -0.25) is 19.2 Å². The van der Waals surface area contributed by atoms with E-state index in [1.807, 2.05) is 19.3 Å². The summed E-state index contributed by atoms with van der Waals surface area (Å²) in [7, 11) is 1.87. The van der Waals surface area contributed by atoms with Crippen LogP contribution in [-0.4, -0.2) is 111 Å². The highest BCUT2D eigenvalue weighted by molar-refractivity contribution is 5.97. The highest BCUT2D eigenvalue weighted by Crippen LogP contribution is 2.31. The number of imidazole rings is 1. The summed E-state index contributed by atoms with van der Waals surface area (Å²) in [6.45, 7) is 5.83. The van der Waals surface area contributed by atoms with E-state index in [0.717, 1.165) is 36.6 Å². The molecule has 3 aromatic heterocycles. The summed E-state index contributed by atoms with van der Waals surface area (Å²) in [5.41, 5.74) is 3.87. The number of fused-ring (bicyclic) bond motifs is 1. The van der Waals surface area contributed by atoms with Crippen molar-refractivity contribution in [2.45, 2.75) is 6.04 Å². The minimum atomic E-state index is -0.147. The predicted molar refractivity (Wildman–Crippen MR) is 123 cm³/mol. The molecule has 34 heavy (non-hydrogen) atoms. The van der Waals surface area contributed by atoms with Crippen molar-refractivity contribution in [1.82, 2.24) is 39.8 Å². The largest absolute Gasteiger partial charge is 0.378 e. The van der Waals surface area contributed by atoms with Crippen LogP contribution in [0, 0.1) is 0 Å². The van der Waals surface area contributed by atoms with Crippen LogP contribution in [0.2, 0.25) is 0 Å². The fraction of sp³-hybridized carbons (Fsp3) is 0.500. The maximum Gasteiger partial charge on any atom is 0.289 e. The number of hydrogen-bond donors (Lipinski definition) is 2. The van der Waals surface area contributed by atoms with Gasteiger partial charge in [-0.1, -0.05) is 0 Å². The molecule has 3 aliphatic rings. The Hall–Kier alpha value is -3.51. The highest BCUT2D eigenvalue weighted by atomic mass is 16.5. The Morgan fingerprint density at radius 2 is 2.00 bits per heavy atom. The molecular formula is C22H27N9O3. The first-order valence-corrected chi connectivity index (χ1v) is 11.6. The summed E-state index contributed by atoms with van der Waals surface area (Å²) in [5, 5.41) is 7.11. The predicted octanol–water partition coefficient (Wildman–Crippen LogP) is -0.549. The number of nitrogens with one attached hydrogen (secondary N) is 2. The number of carbonyl (C=O) groups is 2. The first kappa shape index (κ1) is 21.1. The summed E-state index contributed by atoms with van der Waals surface area (Å²) in [4.78, 5) is 43.6. The van der Waals surface area contributed by atoms with Gasteiger partial charge in [0.15, 0.2) is 11.5 Å². The average Bonchev–Trinajstić information content (AvgIpc) is 3.44. The number of hydrogen-bond acceptors (Lipinski definition) is 8. The minimum absolute atomic E-state index is 0.0412. The topological polar surface area (TPSA) is 125 Å². The Balaban J connectivity index is 1.28. The lowest BCUT2D eigenvalue weighted by Gasteiger charge is -2.45. The van der Waals surface area contributed by atoms with Crippen LogP contribution in [-0.2, 0) is 16.6 Å². The number of aromatic nitrogens is 5. The van der Waals surface area contributed by atoms with Gasteiger partial charge in [-0.25, -0.2) is 9.97 Å². The molecule has 2 amide bonds. The second kappa shape index (κ2) is 8.37.